The highest BCUT2D eigenvalue weighted by molar-refractivity contribution is 7.92. The lowest BCUT2D eigenvalue weighted by Gasteiger charge is -2.26. The molecule has 1 N–H and O–H groups in total. The average Bonchev–Trinajstić information content (AvgIpc) is 2.88. The minimum atomic E-state index is -4.07. The van der Waals surface area contributed by atoms with Crippen LogP contribution >= 0.6 is 11.6 Å². The van der Waals surface area contributed by atoms with Crippen molar-refractivity contribution in [2.24, 2.45) is 0 Å². The number of anilines is 1. The molecule has 1 atom stereocenters. The van der Waals surface area contributed by atoms with Crippen molar-refractivity contribution in [1.29, 1.82) is 0 Å². The summed E-state index contributed by atoms with van der Waals surface area (Å²) < 4.78 is 44.8. The summed E-state index contributed by atoms with van der Waals surface area (Å²) in [5.74, 6) is 1.39. The number of ether oxygens (including phenoxy) is 3. The molecule has 1 aliphatic rings. The summed E-state index contributed by atoms with van der Waals surface area (Å²) >= 11 is 5.95. The zero-order chi connectivity index (χ0) is 25.7. The Morgan fingerprint density at radius 1 is 1.03 bits per heavy atom. The molecule has 8 nitrogen and oxygen atoms in total. The van der Waals surface area contributed by atoms with Crippen LogP contribution < -0.4 is 23.8 Å². The molecule has 0 aliphatic carbocycles. The number of benzene rings is 3. The second-order valence-electron chi connectivity index (χ2n) is 8.08. The first kappa shape index (κ1) is 25.7. The summed E-state index contributed by atoms with van der Waals surface area (Å²) in [6, 6.07) is 17.4. The van der Waals surface area contributed by atoms with Gasteiger partial charge in [-0.2, -0.15) is 0 Å². The van der Waals surface area contributed by atoms with E-state index in [4.69, 9.17) is 25.8 Å². The Morgan fingerprint density at radius 2 is 1.69 bits per heavy atom. The number of hydrogen-bond acceptors (Lipinski definition) is 6. The van der Waals surface area contributed by atoms with Crippen LogP contribution in [0.15, 0.2) is 71.6 Å². The molecule has 0 unspecified atom stereocenters. The van der Waals surface area contributed by atoms with Gasteiger partial charge in [-0.1, -0.05) is 17.7 Å². The molecule has 0 fully saturated rings. The van der Waals surface area contributed by atoms with Crippen LogP contribution in [0.4, 0.5) is 5.69 Å². The fourth-order valence-corrected chi connectivity index (χ4v) is 5.30. The predicted octanol–water partition coefficient (Wildman–Crippen LogP) is 4.58. The summed E-state index contributed by atoms with van der Waals surface area (Å²) in [5, 5.41) is 3.29. The molecule has 0 aromatic heterocycles. The number of sulfonamides is 1. The standard InChI is InChI=1S/C26H27ClN2O6S/c1-3-33-22-9-7-21(8-10-22)29(36(31,32)23-11-5-20(27)6-12-23)17-26(30)28-18(2)19-4-13-24-25(16-19)35-15-14-34-24/h4-13,16,18H,3,14-15,17H2,1-2H3,(H,28,30)/t18-/m0/s1. The van der Waals surface area contributed by atoms with Gasteiger partial charge in [0.2, 0.25) is 5.91 Å². The molecule has 0 saturated heterocycles. The zero-order valence-electron chi connectivity index (χ0n) is 19.9. The Labute approximate surface area is 215 Å². The Balaban J connectivity index is 1.57. The minimum absolute atomic E-state index is 0.0217. The van der Waals surface area contributed by atoms with Gasteiger partial charge in [-0.3, -0.25) is 9.10 Å². The highest BCUT2D eigenvalue weighted by Gasteiger charge is 2.28. The molecular formula is C26H27ClN2O6S. The molecule has 1 amide bonds. The Hall–Kier alpha value is -3.43. The molecule has 36 heavy (non-hydrogen) atoms. The number of fused-ring (bicyclic) bond motifs is 1. The topological polar surface area (TPSA) is 94.2 Å². The second-order valence-corrected chi connectivity index (χ2v) is 10.4. The van der Waals surface area contributed by atoms with E-state index in [1.54, 1.807) is 30.3 Å². The third-order valence-electron chi connectivity index (χ3n) is 5.57. The Bertz CT molecular complexity index is 1310. The molecule has 3 aromatic carbocycles. The first-order valence-corrected chi connectivity index (χ1v) is 13.3. The van der Waals surface area contributed by atoms with Crippen molar-refractivity contribution in [3.05, 3.63) is 77.3 Å². The Morgan fingerprint density at radius 3 is 2.36 bits per heavy atom. The summed E-state index contributed by atoms with van der Waals surface area (Å²) in [4.78, 5) is 13.1. The molecule has 0 saturated carbocycles. The van der Waals surface area contributed by atoms with Gasteiger partial charge in [0.05, 0.1) is 23.2 Å². The summed E-state index contributed by atoms with van der Waals surface area (Å²) in [7, 11) is -4.07. The van der Waals surface area contributed by atoms with E-state index in [1.807, 2.05) is 26.0 Å². The van der Waals surface area contributed by atoms with Crippen LogP contribution in [0.25, 0.3) is 0 Å². The quantitative estimate of drug-likeness (QED) is 0.435. The second kappa shape index (κ2) is 11.1. The highest BCUT2D eigenvalue weighted by atomic mass is 35.5. The van der Waals surface area contributed by atoms with E-state index in [0.717, 1.165) is 9.87 Å². The molecule has 0 radical (unpaired) electrons. The first-order chi connectivity index (χ1) is 17.3. The molecular weight excluding hydrogens is 504 g/mol. The summed E-state index contributed by atoms with van der Waals surface area (Å²) in [6.07, 6.45) is 0. The van der Waals surface area contributed by atoms with Crippen molar-refractivity contribution in [3.8, 4) is 17.2 Å². The lowest BCUT2D eigenvalue weighted by atomic mass is 10.1. The van der Waals surface area contributed by atoms with E-state index in [2.05, 4.69) is 5.32 Å². The highest BCUT2D eigenvalue weighted by Crippen LogP contribution is 2.33. The maximum absolute atomic E-state index is 13.5. The van der Waals surface area contributed by atoms with Crippen LogP contribution in [0.1, 0.15) is 25.5 Å². The van der Waals surface area contributed by atoms with Crippen LogP contribution in [-0.2, 0) is 14.8 Å². The number of carbonyl (C=O) groups excluding carboxylic acids is 1. The predicted molar refractivity (Wildman–Crippen MR) is 138 cm³/mol. The molecule has 10 heteroatoms. The molecule has 1 heterocycles. The van der Waals surface area contributed by atoms with Gasteiger partial charge in [0.25, 0.3) is 10.0 Å². The van der Waals surface area contributed by atoms with Crippen LogP contribution in [0.2, 0.25) is 5.02 Å². The van der Waals surface area contributed by atoms with Crippen LogP contribution in [0.5, 0.6) is 17.2 Å². The zero-order valence-corrected chi connectivity index (χ0v) is 21.5. The van der Waals surface area contributed by atoms with Crippen molar-refractivity contribution < 1.29 is 27.4 Å². The van der Waals surface area contributed by atoms with Gasteiger partial charge in [-0.05, 0) is 80.1 Å². The monoisotopic (exact) mass is 530 g/mol. The van der Waals surface area contributed by atoms with Crippen LogP contribution in [0.3, 0.4) is 0 Å². The minimum Gasteiger partial charge on any atom is -0.494 e. The van der Waals surface area contributed by atoms with Gasteiger partial charge in [-0.25, -0.2) is 8.42 Å². The van der Waals surface area contributed by atoms with E-state index < -0.39 is 28.5 Å². The largest absolute Gasteiger partial charge is 0.494 e. The lowest BCUT2D eigenvalue weighted by molar-refractivity contribution is -0.120. The number of halogens is 1. The summed E-state index contributed by atoms with van der Waals surface area (Å²) in [6.45, 7) is 4.68. The van der Waals surface area contributed by atoms with E-state index >= 15 is 0 Å². The number of amides is 1. The third kappa shape index (κ3) is 5.85. The van der Waals surface area contributed by atoms with E-state index in [-0.39, 0.29) is 4.90 Å². The Kier molecular flexibility index (Phi) is 7.91. The van der Waals surface area contributed by atoms with E-state index in [9.17, 15) is 13.2 Å². The van der Waals surface area contributed by atoms with E-state index in [0.29, 0.717) is 47.8 Å². The van der Waals surface area contributed by atoms with Crippen LogP contribution in [0, 0.1) is 0 Å². The lowest BCUT2D eigenvalue weighted by Crippen LogP contribution is -2.41. The van der Waals surface area contributed by atoms with E-state index in [1.165, 1.54) is 24.3 Å². The fourth-order valence-electron chi connectivity index (χ4n) is 3.75. The smallest absolute Gasteiger partial charge is 0.264 e. The van der Waals surface area contributed by atoms with Crippen molar-refractivity contribution in [2.45, 2.75) is 24.8 Å². The molecule has 3 aromatic rings. The van der Waals surface area contributed by atoms with Crippen molar-refractivity contribution >= 4 is 33.2 Å². The van der Waals surface area contributed by atoms with Gasteiger partial charge in [0, 0.05) is 5.02 Å². The van der Waals surface area contributed by atoms with Gasteiger partial charge in [0.15, 0.2) is 11.5 Å². The molecule has 4 rings (SSSR count). The van der Waals surface area contributed by atoms with Crippen molar-refractivity contribution in [1.82, 2.24) is 5.32 Å². The summed E-state index contributed by atoms with van der Waals surface area (Å²) in [5.41, 5.74) is 1.14. The maximum Gasteiger partial charge on any atom is 0.264 e. The average molecular weight is 531 g/mol. The van der Waals surface area contributed by atoms with Gasteiger partial charge in [0.1, 0.15) is 25.5 Å². The number of rotatable bonds is 9. The van der Waals surface area contributed by atoms with Gasteiger partial charge >= 0.3 is 0 Å². The number of nitrogens with zero attached hydrogens (tertiary/aromatic N) is 1. The van der Waals surface area contributed by atoms with Crippen molar-refractivity contribution in [3.63, 3.8) is 0 Å². The maximum atomic E-state index is 13.5. The van der Waals surface area contributed by atoms with Gasteiger partial charge in [-0.15, -0.1) is 0 Å². The number of nitrogens with one attached hydrogen (secondary N) is 1. The van der Waals surface area contributed by atoms with Gasteiger partial charge < -0.3 is 19.5 Å². The molecule has 1 aliphatic heterocycles. The number of hydrogen-bond donors (Lipinski definition) is 1. The normalized spacial score (nSPS) is 13.5. The SMILES string of the molecule is CCOc1ccc(N(CC(=O)N[C@@H](C)c2ccc3c(c2)OCCO3)S(=O)(=O)c2ccc(Cl)cc2)cc1. The fraction of sp³-hybridized carbons (Fsp3) is 0.269. The van der Waals surface area contributed by atoms with Crippen molar-refractivity contribution in [2.75, 3.05) is 30.7 Å². The first-order valence-electron chi connectivity index (χ1n) is 11.5. The van der Waals surface area contributed by atoms with Crippen LogP contribution in [-0.4, -0.2) is 40.7 Å². The number of carbonyl (C=O) groups is 1. The third-order valence-corrected chi connectivity index (χ3v) is 7.61. The molecule has 190 valence electrons. The molecule has 0 bridgehead atoms. The molecule has 0 spiro atoms.